The lowest BCUT2D eigenvalue weighted by Crippen LogP contribution is -2.49. The second kappa shape index (κ2) is 8.71. The van der Waals surface area contributed by atoms with E-state index in [0.29, 0.717) is 5.76 Å². The van der Waals surface area contributed by atoms with Gasteiger partial charge in [0.15, 0.2) is 0 Å². The van der Waals surface area contributed by atoms with Crippen molar-refractivity contribution in [3.63, 3.8) is 0 Å². The third-order valence-corrected chi connectivity index (χ3v) is 3.37. The Hall–Kier alpha value is -2.83. The van der Waals surface area contributed by atoms with Crippen LogP contribution in [0, 0.1) is 0 Å². The molecule has 3 N–H and O–H groups in total. The number of urea groups is 1. The Labute approximate surface area is 139 Å². The number of amides is 3. The summed E-state index contributed by atoms with van der Waals surface area (Å²) in [5.41, 5.74) is 0.845. The number of benzene rings is 1. The number of carbonyl (C=O) groups is 2. The zero-order valence-corrected chi connectivity index (χ0v) is 13.3. The molecule has 7 heteroatoms. The molecule has 2 atom stereocenters. The van der Waals surface area contributed by atoms with E-state index in [1.807, 2.05) is 30.3 Å². The Morgan fingerprint density at radius 1 is 1.12 bits per heavy atom. The Morgan fingerprint density at radius 2 is 1.88 bits per heavy atom. The molecule has 0 saturated heterocycles. The average Bonchev–Trinajstić information content (AvgIpc) is 3.12. The smallest absolute Gasteiger partial charge is 0.316 e. The minimum absolute atomic E-state index is 0.0779. The molecule has 24 heavy (non-hydrogen) atoms. The number of carbonyl (C=O) groups excluding carboxylic acids is 2. The molecule has 0 bridgehead atoms. The predicted octanol–water partition coefficient (Wildman–Crippen LogP) is 2.14. The first kappa shape index (κ1) is 17.5. The van der Waals surface area contributed by atoms with Gasteiger partial charge in [-0.1, -0.05) is 30.3 Å². The minimum atomic E-state index is -0.787. The van der Waals surface area contributed by atoms with Crippen molar-refractivity contribution in [1.29, 1.82) is 0 Å². The highest BCUT2D eigenvalue weighted by atomic mass is 19.1. The van der Waals surface area contributed by atoms with E-state index in [2.05, 4.69) is 16.0 Å². The topological polar surface area (TPSA) is 83.4 Å². The maximum Gasteiger partial charge on any atom is 0.316 e. The molecule has 2 rings (SSSR count). The van der Waals surface area contributed by atoms with E-state index in [4.69, 9.17) is 4.42 Å². The Bertz CT molecular complexity index is 646. The van der Waals surface area contributed by atoms with Gasteiger partial charge in [0.05, 0.1) is 6.26 Å². The van der Waals surface area contributed by atoms with Crippen LogP contribution in [0.1, 0.15) is 24.3 Å². The van der Waals surface area contributed by atoms with Gasteiger partial charge in [0.2, 0.25) is 5.91 Å². The molecule has 6 nitrogen and oxygen atoms in total. The first-order valence-corrected chi connectivity index (χ1v) is 7.61. The molecule has 2 aromatic rings. The minimum Gasteiger partial charge on any atom is -0.467 e. The fourth-order valence-electron chi connectivity index (χ4n) is 2.18. The van der Waals surface area contributed by atoms with Crippen LogP contribution in [0.5, 0.6) is 0 Å². The third-order valence-electron chi connectivity index (χ3n) is 3.37. The molecule has 0 unspecified atom stereocenters. The van der Waals surface area contributed by atoms with Gasteiger partial charge in [-0.15, -0.1) is 0 Å². The molecule has 0 spiro atoms. The van der Waals surface area contributed by atoms with Crippen LogP contribution in [0.4, 0.5) is 9.18 Å². The standard InChI is InChI=1S/C17H20FN3O3/c1-12(16(22)19-10-9-18)20-17(23)21-15(14-8-5-11-24-14)13-6-3-2-4-7-13/h2-8,11-12,15H,9-10H2,1H3,(H,19,22)(H2,20,21,23)/t12-,15+/m0/s1. The van der Waals surface area contributed by atoms with Gasteiger partial charge >= 0.3 is 6.03 Å². The van der Waals surface area contributed by atoms with E-state index < -0.39 is 30.7 Å². The second-order valence-electron chi connectivity index (χ2n) is 5.18. The number of nitrogens with one attached hydrogen (secondary N) is 3. The molecule has 0 aliphatic heterocycles. The summed E-state index contributed by atoms with van der Waals surface area (Å²) in [4.78, 5) is 23.9. The maximum atomic E-state index is 12.2. The van der Waals surface area contributed by atoms with Crippen molar-refractivity contribution >= 4 is 11.9 Å². The van der Waals surface area contributed by atoms with E-state index in [9.17, 15) is 14.0 Å². The highest BCUT2D eigenvalue weighted by Gasteiger charge is 2.21. The van der Waals surface area contributed by atoms with Crippen LogP contribution in [0.25, 0.3) is 0 Å². The van der Waals surface area contributed by atoms with Crippen molar-refractivity contribution in [2.45, 2.75) is 19.0 Å². The molecule has 0 saturated carbocycles. The first-order valence-electron chi connectivity index (χ1n) is 7.61. The number of furan rings is 1. The Kier molecular flexibility index (Phi) is 6.36. The van der Waals surface area contributed by atoms with Crippen LogP contribution < -0.4 is 16.0 Å². The molecular formula is C17H20FN3O3. The number of hydrogen-bond donors (Lipinski definition) is 3. The zero-order valence-electron chi connectivity index (χ0n) is 13.3. The molecule has 128 valence electrons. The van der Waals surface area contributed by atoms with Gasteiger partial charge < -0.3 is 20.4 Å². The molecule has 1 aromatic heterocycles. The van der Waals surface area contributed by atoms with Gasteiger partial charge in [0.1, 0.15) is 24.5 Å². The summed E-state index contributed by atoms with van der Waals surface area (Å²) in [6, 6.07) is 11.0. The molecular weight excluding hydrogens is 313 g/mol. The van der Waals surface area contributed by atoms with Crippen LogP contribution >= 0.6 is 0 Å². The van der Waals surface area contributed by atoms with Crippen LogP contribution in [0.2, 0.25) is 0 Å². The number of alkyl halides is 1. The Morgan fingerprint density at radius 3 is 2.50 bits per heavy atom. The molecule has 0 fully saturated rings. The predicted molar refractivity (Wildman–Crippen MR) is 87.1 cm³/mol. The second-order valence-corrected chi connectivity index (χ2v) is 5.18. The molecule has 1 heterocycles. The lowest BCUT2D eigenvalue weighted by atomic mass is 10.0. The van der Waals surface area contributed by atoms with Crippen LogP contribution in [-0.2, 0) is 4.79 Å². The molecule has 3 amide bonds. The highest BCUT2D eigenvalue weighted by Crippen LogP contribution is 2.22. The first-order chi connectivity index (χ1) is 11.6. The fourth-order valence-corrected chi connectivity index (χ4v) is 2.18. The SMILES string of the molecule is C[C@H](NC(=O)N[C@H](c1ccccc1)c1ccco1)C(=O)NCCF. The monoisotopic (exact) mass is 333 g/mol. The molecule has 1 aromatic carbocycles. The summed E-state index contributed by atoms with van der Waals surface area (Å²) < 4.78 is 17.5. The van der Waals surface area contributed by atoms with E-state index in [-0.39, 0.29) is 6.54 Å². The van der Waals surface area contributed by atoms with Crippen molar-refractivity contribution in [3.8, 4) is 0 Å². The van der Waals surface area contributed by atoms with Crippen molar-refractivity contribution in [2.75, 3.05) is 13.2 Å². The molecule has 0 aliphatic carbocycles. The lowest BCUT2D eigenvalue weighted by Gasteiger charge is -2.20. The summed E-state index contributed by atoms with van der Waals surface area (Å²) in [5.74, 6) is 0.128. The van der Waals surface area contributed by atoms with E-state index >= 15 is 0 Å². The van der Waals surface area contributed by atoms with Crippen molar-refractivity contribution < 1.29 is 18.4 Å². The van der Waals surface area contributed by atoms with Crippen molar-refractivity contribution in [1.82, 2.24) is 16.0 Å². The number of rotatable bonds is 7. The molecule has 0 radical (unpaired) electrons. The van der Waals surface area contributed by atoms with E-state index in [1.54, 1.807) is 12.1 Å². The summed E-state index contributed by atoms with van der Waals surface area (Å²) in [7, 11) is 0. The van der Waals surface area contributed by atoms with Gasteiger partial charge in [-0.25, -0.2) is 9.18 Å². The highest BCUT2D eigenvalue weighted by molar-refractivity contribution is 5.86. The number of hydrogen-bond acceptors (Lipinski definition) is 3. The normalized spacial score (nSPS) is 12.9. The molecule has 0 aliphatic rings. The van der Waals surface area contributed by atoms with E-state index in [1.165, 1.54) is 13.2 Å². The van der Waals surface area contributed by atoms with Gasteiger partial charge in [-0.3, -0.25) is 4.79 Å². The summed E-state index contributed by atoms with van der Waals surface area (Å²) in [5, 5.41) is 7.68. The van der Waals surface area contributed by atoms with Gasteiger partial charge in [-0.2, -0.15) is 0 Å². The number of halogens is 1. The fraction of sp³-hybridized carbons (Fsp3) is 0.294. The van der Waals surface area contributed by atoms with Crippen molar-refractivity contribution in [2.24, 2.45) is 0 Å². The average molecular weight is 333 g/mol. The summed E-state index contributed by atoms with van der Waals surface area (Å²) in [6.07, 6.45) is 1.53. The maximum absolute atomic E-state index is 12.2. The van der Waals surface area contributed by atoms with E-state index in [0.717, 1.165) is 5.56 Å². The van der Waals surface area contributed by atoms with Gasteiger partial charge in [0.25, 0.3) is 0 Å². The largest absolute Gasteiger partial charge is 0.467 e. The summed E-state index contributed by atoms with van der Waals surface area (Å²) in [6.45, 7) is 0.794. The van der Waals surface area contributed by atoms with Crippen LogP contribution in [-0.4, -0.2) is 31.2 Å². The van der Waals surface area contributed by atoms with Gasteiger partial charge in [0, 0.05) is 6.54 Å². The third kappa shape index (κ3) is 4.84. The zero-order chi connectivity index (χ0) is 17.4. The summed E-state index contributed by atoms with van der Waals surface area (Å²) >= 11 is 0. The van der Waals surface area contributed by atoms with Gasteiger partial charge in [-0.05, 0) is 24.6 Å². The Balaban J connectivity index is 2.02. The quantitative estimate of drug-likeness (QED) is 0.726. The van der Waals surface area contributed by atoms with Crippen LogP contribution in [0.15, 0.2) is 53.1 Å². The van der Waals surface area contributed by atoms with Crippen LogP contribution in [0.3, 0.4) is 0 Å². The lowest BCUT2D eigenvalue weighted by molar-refractivity contribution is -0.122. The van der Waals surface area contributed by atoms with Crippen molar-refractivity contribution in [3.05, 3.63) is 60.1 Å².